The number of carbonyl (C=O) groups excluding carboxylic acids is 3. The molecule has 6 nitrogen and oxygen atoms in total. The zero-order valence-corrected chi connectivity index (χ0v) is 17.9. The van der Waals surface area contributed by atoms with Crippen LogP contribution in [0.1, 0.15) is 22.5 Å². The Bertz CT molecular complexity index is 1250. The first-order chi connectivity index (χ1) is 14.7. The van der Waals surface area contributed by atoms with Gasteiger partial charge in [-0.25, -0.2) is 9.69 Å². The number of urea groups is 1. The van der Waals surface area contributed by atoms with Crippen LogP contribution in [0.4, 0.5) is 10.5 Å². The largest absolute Gasteiger partial charge is 0.457 e. The Hall–Kier alpha value is -3.64. The molecule has 2 aromatic carbocycles. The standard InChI is InChI=1S/C24H19ClN2O4/c1-13-8-14(2)10-17(9-13)27-23(29)20(22(28)26-24(27)30)12-18-6-7-21(31-18)19-11-16(25)5-4-15(19)3/h4-12H,1-3H3,(H,26,28,30)/b20-12+. The Morgan fingerprint density at radius 2 is 1.65 bits per heavy atom. The summed E-state index contributed by atoms with van der Waals surface area (Å²) in [6.07, 6.45) is 1.34. The number of carbonyl (C=O) groups is 3. The third-order valence-corrected chi connectivity index (χ3v) is 5.18. The van der Waals surface area contributed by atoms with Crippen molar-refractivity contribution >= 4 is 41.2 Å². The van der Waals surface area contributed by atoms with E-state index in [1.54, 1.807) is 36.4 Å². The van der Waals surface area contributed by atoms with Crippen LogP contribution in [0.15, 0.2) is 58.5 Å². The van der Waals surface area contributed by atoms with Gasteiger partial charge in [0.25, 0.3) is 11.8 Å². The average Bonchev–Trinajstić information content (AvgIpc) is 3.14. The van der Waals surface area contributed by atoms with Gasteiger partial charge in [0, 0.05) is 10.6 Å². The minimum Gasteiger partial charge on any atom is -0.457 e. The van der Waals surface area contributed by atoms with Crippen LogP contribution in [0.2, 0.25) is 5.02 Å². The first-order valence-electron chi connectivity index (χ1n) is 9.59. The summed E-state index contributed by atoms with van der Waals surface area (Å²) in [4.78, 5) is 38.8. The summed E-state index contributed by atoms with van der Waals surface area (Å²) < 4.78 is 5.84. The second-order valence-corrected chi connectivity index (χ2v) is 7.90. The number of benzene rings is 2. The molecule has 4 amide bonds. The molecule has 1 aliphatic rings. The zero-order valence-electron chi connectivity index (χ0n) is 17.2. The number of amides is 4. The van der Waals surface area contributed by atoms with Gasteiger partial charge in [-0.3, -0.25) is 14.9 Å². The van der Waals surface area contributed by atoms with Crippen molar-refractivity contribution in [1.29, 1.82) is 0 Å². The highest BCUT2D eigenvalue weighted by Crippen LogP contribution is 2.30. The number of halogens is 1. The molecule has 1 N–H and O–H groups in total. The summed E-state index contributed by atoms with van der Waals surface area (Å²) in [6.45, 7) is 5.66. The number of hydrogen-bond donors (Lipinski definition) is 1. The summed E-state index contributed by atoms with van der Waals surface area (Å²) in [5.41, 5.74) is 3.77. The number of anilines is 1. The van der Waals surface area contributed by atoms with Crippen molar-refractivity contribution in [3.05, 3.63) is 81.6 Å². The topological polar surface area (TPSA) is 79.6 Å². The minimum atomic E-state index is -0.785. The van der Waals surface area contributed by atoms with E-state index in [0.717, 1.165) is 27.2 Å². The van der Waals surface area contributed by atoms with Gasteiger partial charge in [0.15, 0.2) is 0 Å². The third kappa shape index (κ3) is 4.02. The van der Waals surface area contributed by atoms with Crippen molar-refractivity contribution in [1.82, 2.24) is 5.32 Å². The van der Waals surface area contributed by atoms with Crippen molar-refractivity contribution < 1.29 is 18.8 Å². The molecule has 0 radical (unpaired) electrons. The van der Waals surface area contributed by atoms with E-state index in [4.69, 9.17) is 16.0 Å². The van der Waals surface area contributed by atoms with Gasteiger partial charge < -0.3 is 4.42 Å². The fourth-order valence-electron chi connectivity index (χ4n) is 3.55. The molecule has 4 rings (SSSR count). The van der Waals surface area contributed by atoms with Crippen LogP contribution in [0.5, 0.6) is 0 Å². The molecule has 1 aromatic heterocycles. The summed E-state index contributed by atoms with van der Waals surface area (Å²) in [5, 5.41) is 2.79. The number of nitrogens with zero attached hydrogens (tertiary/aromatic N) is 1. The number of hydrogen-bond acceptors (Lipinski definition) is 4. The second kappa shape index (κ2) is 7.89. The van der Waals surface area contributed by atoms with Crippen LogP contribution in [-0.4, -0.2) is 17.8 Å². The third-order valence-electron chi connectivity index (χ3n) is 4.94. The number of furan rings is 1. The lowest BCUT2D eigenvalue weighted by atomic mass is 10.1. The molecule has 1 saturated heterocycles. The second-order valence-electron chi connectivity index (χ2n) is 7.47. The molecule has 0 bridgehead atoms. The maximum Gasteiger partial charge on any atom is 0.335 e. The minimum absolute atomic E-state index is 0.192. The van der Waals surface area contributed by atoms with E-state index in [-0.39, 0.29) is 5.57 Å². The van der Waals surface area contributed by atoms with Crippen LogP contribution < -0.4 is 10.2 Å². The predicted octanol–water partition coefficient (Wildman–Crippen LogP) is 5.19. The monoisotopic (exact) mass is 434 g/mol. The van der Waals surface area contributed by atoms with E-state index in [0.29, 0.717) is 22.2 Å². The van der Waals surface area contributed by atoms with Crippen LogP contribution in [0, 0.1) is 20.8 Å². The van der Waals surface area contributed by atoms with Gasteiger partial charge in [0.1, 0.15) is 17.1 Å². The summed E-state index contributed by atoms with van der Waals surface area (Å²) in [5.74, 6) is -0.622. The first kappa shape index (κ1) is 20.6. The highest BCUT2D eigenvalue weighted by Gasteiger charge is 2.37. The highest BCUT2D eigenvalue weighted by atomic mass is 35.5. The molecule has 0 saturated carbocycles. The molecule has 7 heteroatoms. The fourth-order valence-corrected chi connectivity index (χ4v) is 3.72. The van der Waals surface area contributed by atoms with E-state index in [1.165, 1.54) is 6.08 Å². The van der Waals surface area contributed by atoms with Crippen LogP contribution in [-0.2, 0) is 9.59 Å². The molecule has 0 unspecified atom stereocenters. The number of aryl methyl sites for hydroxylation is 3. The Balaban J connectivity index is 1.71. The lowest BCUT2D eigenvalue weighted by Gasteiger charge is -2.26. The Morgan fingerprint density at radius 3 is 2.35 bits per heavy atom. The lowest BCUT2D eigenvalue weighted by molar-refractivity contribution is -0.122. The van der Waals surface area contributed by atoms with E-state index in [2.05, 4.69) is 5.32 Å². The number of rotatable bonds is 3. The molecule has 1 fully saturated rings. The number of nitrogens with one attached hydrogen (secondary N) is 1. The van der Waals surface area contributed by atoms with Gasteiger partial charge in [-0.1, -0.05) is 23.7 Å². The summed E-state index contributed by atoms with van der Waals surface area (Å²) in [7, 11) is 0. The summed E-state index contributed by atoms with van der Waals surface area (Å²) in [6, 6.07) is 13.4. The van der Waals surface area contributed by atoms with Gasteiger partial charge >= 0.3 is 6.03 Å². The van der Waals surface area contributed by atoms with Gasteiger partial charge in [0.2, 0.25) is 0 Å². The number of barbiturate groups is 1. The molecule has 3 aromatic rings. The molecule has 1 aliphatic heterocycles. The van der Waals surface area contributed by atoms with Gasteiger partial charge in [-0.05, 0) is 79.9 Å². The molecular weight excluding hydrogens is 416 g/mol. The van der Waals surface area contributed by atoms with E-state index < -0.39 is 17.8 Å². The normalized spacial score (nSPS) is 15.5. The first-order valence-corrected chi connectivity index (χ1v) is 9.97. The molecule has 0 spiro atoms. The Kier molecular flexibility index (Phi) is 5.25. The molecular formula is C24H19ClN2O4. The predicted molar refractivity (Wildman–Crippen MR) is 119 cm³/mol. The highest BCUT2D eigenvalue weighted by molar-refractivity contribution is 6.39. The fraction of sp³-hybridized carbons (Fsp3) is 0.125. The SMILES string of the molecule is Cc1cc(C)cc(N2C(=O)NC(=O)/C(=C\c3ccc(-c4cc(Cl)ccc4C)o3)C2=O)c1. The smallest absolute Gasteiger partial charge is 0.335 e. The van der Waals surface area contributed by atoms with Crippen molar-refractivity contribution in [2.24, 2.45) is 0 Å². The van der Waals surface area contributed by atoms with Crippen molar-refractivity contribution in [3.8, 4) is 11.3 Å². The average molecular weight is 435 g/mol. The van der Waals surface area contributed by atoms with Gasteiger partial charge in [-0.15, -0.1) is 0 Å². The quantitative estimate of drug-likeness (QED) is 0.454. The van der Waals surface area contributed by atoms with Crippen molar-refractivity contribution in [2.45, 2.75) is 20.8 Å². The van der Waals surface area contributed by atoms with Crippen LogP contribution in [0.25, 0.3) is 17.4 Å². The molecule has 0 aliphatic carbocycles. The van der Waals surface area contributed by atoms with Crippen LogP contribution >= 0.6 is 11.6 Å². The Morgan fingerprint density at radius 1 is 0.935 bits per heavy atom. The van der Waals surface area contributed by atoms with Crippen molar-refractivity contribution in [3.63, 3.8) is 0 Å². The number of imide groups is 2. The molecule has 2 heterocycles. The zero-order chi connectivity index (χ0) is 22.3. The maximum absolute atomic E-state index is 13.1. The summed E-state index contributed by atoms with van der Waals surface area (Å²) >= 11 is 6.09. The van der Waals surface area contributed by atoms with Gasteiger partial charge in [0.05, 0.1) is 5.69 Å². The van der Waals surface area contributed by atoms with Gasteiger partial charge in [-0.2, -0.15) is 0 Å². The van der Waals surface area contributed by atoms with E-state index >= 15 is 0 Å². The molecule has 0 atom stereocenters. The lowest BCUT2D eigenvalue weighted by Crippen LogP contribution is -2.54. The van der Waals surface area contributed by atoms with E-state index in [1.807, 2.05) is 32.9 Å². The van der Waals surface area contributed by atoms with Crippen molar-refractivity contribution in [2.75, 3.05) is 4.90 Å². The van der Waals surface area contributed by atoms with E-state index in [9.17, 15) is 14.4 Å². The Labute approximate surface area is 184 Å². The molecule has 156 valence electrons. The van der Waals surface area contributed by atoms with Crippen LogP contribution in [0.3, 0.4) is 0 Å². The maximum atomic E-state index is 13.1. The molecule has 31 heavy (non-hydrogen) atoms.